The van der Waals surface area contributed by atoms with Crippen molar-refractivity contribution < 1.29 is 13.9 Å². The fraction of sp³-hybridized carbons (Fsp3) is 0.500. The number of anilines is 1. The van der Waals surface area contributed by atoms with Gasteiger partial charge in [-0.3, -0.25) is 4.79 Å². The molecule has 1 N–H and O–H groups in total. The normalized spacial score (nSPS) is 15.0. The lowest BCUT2D eigenvalue weighted by Gasteiger charge is -2.29. The molecule has 1 aliphatic rings. The third kappa shape index (κ3) is 4.38. The summed E-state index contributed by atoms with van der Waals surface area (Å²) in [5.74, 6) is -0.349. The molecule has 1 aromatic heterocycles. The van der Waals surface area contributed by atoms with Crippen LogP contribution in [0.15, 0.2) is 24.3 Å². The maximum absolute atomic E-state index is 13.3. The van der Waals surface area contributed by atoms with Gasteiger partial charge in [-0.05, 0) is 52.3 Å². The van der Waals surface area contributed by atoms with E-state index in [9.17, 15) is 9.18 Å². The summed E-state index contributed by atoms with van der Waals surface area (Å²) < 4.78 is 20.9. The van der Waals surface area contributed by atoms with Crippen molar-refractivity contribution in [2.45, 2.75) is 46.7 Å². The molecule has 1 aliphatic heterocycles. The first-order valence-electron chi connectivity index (χ1n) is 9.76. The minimum absolute atomic E-state index is 0.0882. The van der Waals surface area contributed by atoms with Crippen molar-refractivity contribution >= 4 is 11.6 Å². The van der Waals surface area contributed by atoms with Gasteiger partial charge in [0.15, 0.2) is 0 Å². The maximum atomic E-state index is 13.3. The molecule has 28 heavy (non-hydrogen) atoms. The molecule has 2 aromatic rings. The Morgan fingerprint density at radius 3 is 2.32 bits per heavy atom. The lowest BCUT2D eigenvalue weighted by Crippen LogP contribution is -2.41. The van der Waals surface area contributed by atoms with E-state index in [0.29, 0.717) is 25.5 Å². The minimum atomic E-state index is -0.332. The van der Waals surface area contributed by atoms with E-state index >= 15 is 0 Å². The predicted octanol–water partition coefficient (Wildman–Crippen LogP) is 3.66. The van der Waals surface area contributed by atoms with E-state index in [1.165, 1.54) is 12.1 Å². The van der Waals surface area contributed by atoms with Gasteiger partial charge >= 0.3 is 0 Å². The molecule has 0 saturated carbocycles. The molecule has 1 fully saturated rings. The molecular weight excluding hydrogens is 357 g/mol. The summed E-state index contributed by atoms with van der Waals surface area (Å²) in [6.07, 6.45) is 0. The number of rotatable bonds is 4. The van der Waals surface area contributed by atoms with E-state index in [-0.39, 0.29) is 17.3 Å². The molecule has 6 heteroatoms. The molecule has 0 aliphatic carbocycles. The first-order chi connectivity index (χ1) is 13.2. The molecule has 1 aromatic carbocycles. The topological polar surface area (TPSA) is 46.5 Å². The van der Waals surface area contributed by atoms with Crippen LogP contribution >= 0.6 is 0 Å². The zero-order chi connectivity index (χ0) is 20.5. The molecule has 152 valence electrons. The number of benzene rings is 1. The summed E-state index contributed by atoms with van der Waals surface area (Å²) in [6.45, 7) is 13.5. The van der Waals surface area contributed by atoms with Gasteiger partial charge < -0.3 is 19.5 Å². The second kappa shape index (κ2) is 7.95. The smallest absolute Gasteiger partial charge is 0.268 e. The monoisotopic (exact) mass is 387 g/mol. The number of morpholine rings is 1. The van der Waals surface area contributed by atoms with Crippen LogP contribution in [0.25, 0.3) is 0 Å². The number of halogens is 1. The number of nitrogens with zero attached hydrogens (tertiary/aromatic N) is 2. The van der Waals surface area contributed by atoms with Crippen molar-refractivity contribution in [1.29, 1.82) is 0 Å². The van der Waals surface area contributed by atoms with Crippen LogP contribution in [0.2, 0.25) is 0 Å². The van der Waals surface area contributed by atoms with Gasteiger partial charge in [0.25, 0.3) is 5.91 Å². The third-order valence-corrected chi connectivity index (χ3v) is 5.01. The Morgan fingerprint density at radius 1 is 1.14 bits per heavy atom. The number of hydrogen-bond donors (Lipinski definition) is 1. The van der Waals surface area contributed by atoms with E-state index in [1.54, 1.807) is 12.1 Å². The molecule has 3 rings (SSSR count). The first-order valence-corrected chi connectivity index (χ1v) is 9.76. The van der Waals surface area contributed by atoms with Gasteiger partial charge in [0.1, 0.15) is 11.5 Å². The fourth-order valence-corrected chi connectivity index (χ4v) is 3.80. The molecular formula is C22H30FN3O2. The van der Waals surface area contributed by atoms with Crippen molar-refractivity contribution in [2.24, 2.45) is 0 Å². The average molecular weight is 387 g/mol. The van der Waals surface area contributed by atoms with Gasteiger partial charge in [-0.2, -0.15) is 0 Å². The van der Waals surface area contributed by atoms with Crippen molar-refractivity contribution in [2.75, 3.05) is 31.2 Å². The van der Waals surface area contributed by atoms with Crippen LogP contribution in [-0.4, -0.2) is 42.3 Å². The van der Waals surface area contributed by atoms with Gasteiger partial charge in [0, 0.05) is 36.4 Å². The molecule has 0 radical (unpaired) electrons. The van der Waals surface area contributed by atoms with E-state index in [0.717, 1.165) is 35.6 Å². The highest BCUT2D eigenvalue weighted by atomic mass is 19.1. The molecule has 5 nitrogen and oxygen atoms in total. The van der Waals surface area contributed by atoms with Crippen LogP contribution < -0.4 is 10.2 Å². The Labute approximate surface area is 166 Å². The summed E-state index contributed by atoms with van der Waals surface area (Å²) in [4.78, 5) is 15.5. The van der Waals surface area contributed by atoms with Gasteiger partial charge in [0.2, 0.25) is 0 Å². The van der Waals surface area contributed by atoms with Crippen LogP contribution in [0.4, 0.5) is 10.1 Å². The van der Waals surface area contributed by atoms with Crippen LogP contribution in [0.1, 0.15) is 48.1 Å². The van der Waals surface area contributed by atoms with Crippen molar-refractivity contribution in [3.8, 4) is 0 Å². The van der Waals surface area contributed by atoms with Gasteiger partial charge in [-0.25, -0.2) is 4.39 Å². The molecule has 0 atom stereocenters. The van der Waals surface area contributed by atoms with E-state index in [1.807, 2.05) is 27.7 Å². The number of hydrogen-bond acceptors (Lipinski definition) is 3. The first kappa shape index (κ1) is 20.4. The maximum Gasteiger partial charge on any atom is 0.268 e. The van der Waals surface area contributed by atoms with Gasteiger partial charge in [0.05, 0.1) is 18.9 Å². The summed E-state index contributed by atoms with van der Waals surface area (Å²) >= 11 is 0. The molecule has 2 heterocycles. The summed E-state index contributed by atoms with van der Waals surface area (Å²) in [5, 5.41) is 3.09. The van der Waals surface area contributed by atoms with Crippen LogP contribution in [0.5, 0.6) is 0 Å². The van der Waals surface area contributed by atoms with Crippen molar-refractivity contribution in [3.05, 3.63) is 52.6 Å². The lowest BCUT2D eigenvalue weighted by molar-refractivity contribution is 0.0909. The quantitative estimate of drug-likeness (QED) is 0.871. The largest absolute Gasteiger partial charge is 0.378 e. The number of amides is 1. The molecule has 0 spiro atoms. The number of ether oxygens (including phenoxy) is 1. The highest BCUT2D eigenvalue weighted by Crippen LogP contribution is 2.32. The molecule has 1 saturated heterocycles. The van der Waals surface area contributed by atoms with Crippen molar-refractivity contribution in [1.82, 2.24) is 9.88 Å². The Bertz CT molecular complexity index is 844. The Balaban J connectivity index is 2.06. The predicted molar refractivity (Wildman–Crippen MR) is 110 cm³/mol. The number of carbonyl (C=O) groups excluding carboxylic acids is 1. The number of nitrogens with one attached hydrogen (secondary N) is 1. The summed E-state index contributed by atoms with van der Waals surface area (Å²) in [6, 6.07) is 6.45. The Kier molecular flexibility index (Phi) is 5.79. The standard InChI is InChI=1S/C22H30FN3O2/c1-15-19(25-10-12-28-13-11-25)16(2)26(14-17-6-8-18(23)9-7-17)20(15)21(27)24-22(3,4)5/h6-9H,10-14H2,1-5H3,(H,24,27). The zero-order valence-electron chi connectivity index (χ0n) is 17.4. The summed E-state index contributed by atoms with van der Waals surface area (Å²) in [5.41, 5.74) is 4.41. The lowest BCUT2D eigenvalue weighted by atomic mass is 10.1. The van der Waals surface area contributed by atoms with E-state index in [4.69, 9.17) is 4.74 Å². The second-order valence-corrected chi connectivity index (χ2v) is 8.42. The zero-order valence-corrected chi connectivity index (χ0v) is 17.4. The van der Waals surface area contributed by atoms with E-state index < -0.39 is 0 Å². The fourth-order valence-electron chi connectivity index (χ4n) is 3.80. The van der Waals surface area contributed by atoms with Crippen molar-refractivity contribution in [3.63, 3.8) is 0 Å². The van der Waals surface area contributed by atoms with Gasteiger partial charge in [-0.15, -0.1) is 0 Å². The van der Waals surface area contributed by atoms with Gasteiger partial charge in [-0.1, -0.05) is 12.1 Å². The Hall–Kier alpha value is -2.34. The third-order valence-electron chi connectivity index (χ3n) is 5.01. The molecule has 1 amide bonds. The van der Waals surface area contributed by atoms with Crippen LogP contribution in [-0.2, 0) is 11.3 Å². The van der Waals surface area contributed by atoms with E-state index in [2.05, 4.69) is 21.7 Å². The highest BCUT2D eigenvalue weighted by Gasteiger charge is 2.28. The number of carbonyl (C=O) groups is 1. The summed E-state index contributed by atoms with van der Waals surface area (Å²) in [7, 11) is 0. The van der Waals surface area contributed by atoms with Crippen LogP contribution in [0, 0.1) is 19.7 Å². The average Bonchev–Trinajstić information content (AvgIpc) is 2.86. The highest BCUT2D eigenvalue weighted by molar-refractivity contribution is 5.97. The minimum Gasteiger partial charge on any atom is -0.378 e. The van der Waals surface area contributed by atoms with Crippen LogP contribution in [0.3, 0.4) is 0 Å². The SMILES string of the molecule is Cc1c(N2CCOCC2)c(C)n(Cc2ccc(F)cc2)c1C(=O)NC(C)(C)C. The second-order valence-electron chi connectivity index (χ2n) is 8.42. The Morgan fingerprint density at radius 2 is 1.75 bits per heavy atom. The molecule has 0 bridgehead atoms. The molecule has 0 unspecified atom stereocenters. The number of aromatic nitrogens is 1.